The number of esters is 1. The van der Waals surface area contributed by atoms with Crippen LogP contribution in [0.1, 0.15) is 101 Å². The highest BCUT2D eigenvalue weighted by Crippen LogP contribution is 2.44. The van der Waals surface area contributed by atoms with Gasteiger partial charge in [0.2, 0.25) is 7.37 Å². The molecule has 3 aliphatic carbocycles. The number of ketones is 3. The van der Waals surface area contributed by atoms with E-state index >= 15 is 0 Å². The lowest BCUT2D eigenvalue weighted by molar-refractivity contribution is -0.134. The molecule has 20 nitrogen and oxygen atoms in total. The summed E-state index contributed by atoms with van der Waals surface area (Å²) in [6.07, 6.45) is -0.233. The molecule has 1 N–H and O–H groups in total. The van der Waals surface area contributed by atoms with Gasteiger partial charge in [0.05, 0.1) is 48.5 Å². The fourth-order valence-corrected chi connectivity index (χ4v) is 13.2. The van der Waals surface area contributed by atoms with Gasteiger partial charge in [-0.15, -0.1) is 0 Å². The van der Waals surface area contributed by atoms with Crippen molar-refractivity contribution in [3.05, 3.63) is 176 Å². The number of carbonyl (C=O) groups is 5. The Morgan fingerprint density at radius 2 is 0.853 bits per heavy atom. The maximum atomic E-state index is 13.0. The van der Waals surface area contributed by atoms with Crippen LogP contribution in [-0.2, 0) is 39.4 Å². The van der Waals surface area contributed by atoms with Crippen LogP contribution in [0.5, 0.6) is 17.2 Å². The summed E-state index contributed by atoms with van der Waals surface area (Å²) in [7, 11) is -11.9. The van der Waals surface area contributed by atoms with Crippen LogP contribution in [0.2, 0.25) is 0 Å². The molecule has 3 heterocycles. The molecular formula is C51H37N4O16PS3. The molecule has 6 aromatic carbocycles. The average Bonchev–Trinajstić information content (AvgIpc) is 3.93. The Balaban J connectivity index is 0.000000128. The fraction of sp³-hybridized carbons (Fsp3) is 0.137. The van der Waals surface area contributed by atoms with Crippen LogP contribution >= 0.6 is 7.37 Å². The van der Waals surface area contributed by atoms with E-state index in [0.717, 1.165) is 6.66 Å². The number of amides is 1. The summed E-state index contributed by atoms with van der Waals surface area (Å²) in [6, 6.07) is 27.6. The summed E-state index contributed by atoms with van der Waals surface area (Å²) in [4.78, 5) is 73.3. The van der Waals surface area contributed by atoms with Crippen molar-refractivity contribution in [3.8, 4) is 17.2 Å². The third-order valence-corrected chi connectivity index (χ3v) is 16.8. The summed E-state index contributed by atoms with van der Waals surface area (Å²) < 4.78 is 113. The second-order valence-corrected chi connectivity index (χ2v) is 24.7. The van der Waals surface area contributed by atoms with Gasteiger partial charge in [0.25, 0.3) is 30.1 Å². The Morgan fingerprint density at radius 1 is 0.520 bits per heavy atom. The van der Waals surface area contributed by atoms with Gasteiger partial charge in [0.1, 0.15) is 17.2 Å². The first-order valence-corrected chi connectivity index (χ1v) is 29.1. The van der Waals surface area contributed by atoms with Gasteiger partial charge in [0, 0.05) is 77.3 Å². The number of nitrogens with zero attached hydrogens (tertiary/aromatic N) is 4. The van der Waals surface area contributed by atoms with E-state index in [1.807, 2.05) is 6.92 Å². The molecule has 0 saturated carbocycles. The minimum absolute atomic E-state index is 0.0127. The highest BCUT2D eigenvalue weighted by molar-refractivity contribution is 7.91. The second-order valence-electron chi connectivity index (χ2n) is 17.6. The predicted molar refractivity (Wildman–Crippen MR) is 269 cm³/mol. The van der Waals surface area contributed by atoms with Gasteiger partial charge in [-0.3, -0.25) is 23.7 Å². The lowest BCUT2D eigenvalue weighted by Gasteiger charge is -2.21. The first kappa shape index (κ1) is 50.5. The van der Waals surface area contributed by atoms with Crippen molar-refractivity contribution in [2.75, 3.05) is 27.1 Å². The zero-order valence-electron chi connectivity index (χ0n) is 39.5. The fourth-order valence-electron chi connectivity index (χ4n) is 9.07. The van der Waals surface area contributed by atoms with Gasteiger partial charge in [-0.05, 0) is 42.8 Å². The van der Waals surface area contributed by atoms with Crippen molar-refractivity contribution in [2.24, 2.45) is 13.2 Å². The quantitative estimate of drug-likeness (QED) is 0.104. The van der Waals surface area contributed by atoms with Crippen LogP contribution in [0.3, 0.4) is 0 Å². The van der Waals surface area contributed by atoms with Crippen molar-refractivity contribution in [1.29, 1.82) is 0 Å². The molecule has 380 valence electrons. The summed E-state index contributed by atoms with van der Waals surface area (Å²) in [6.45, 7) is 3.00. The van der Waals surface area contributed by atoms with Crippen molar-refractivity contribution in [3.63, 3.8) is 0 Å². The third-order valence-electron chi connectivity index (χ3n) is 12.2. The summed E-state index contributed by atoms with van der Waals surface area (Å²) in [5.74, 6) is -1.28. The molecule has 0 aromatic heterocycles. The number of benzene rings is 6. The smallest absolute Gasteiger partial charge is 0.414 e. The van der Waals surface area contributed by atoms with Gasteiger partial charge in [-0.2, -0.15) is 38.4 Å². The van der Waals surface area contributed by atoms with Crippen LogP contribution in [0, 0.1) is 0 Å². The molecular weight excluding hydrogens is 1050 g/mol. The Morgan fingerprint density at radius 3 is 1.21 bits per heavy atom. The number of rotatable bonds is 7. The third kappa shape index (κ3) is 8.51. The van der Waals surface area contributed by atoms with Crippen LogP contribution in [0.15, 0.2) is 137 Å². The van der Waals surface area contributed by atoms with Gasteiger partial charge < -0.3 is 24.0 Å². The number of carbonyl (C=O) groups excluding carboxylic acids is 5. The Kier molecular flexibility index (Phi) is 12.2. The Hall–Kier alpha value is -8.08. The van der Waals surface area contributed by atoms with E-state index in [1.54, 1.807) is 48.5 Å². The molecule has 3 aliphatic heterocycles. The number of fused-ring (bicyclic) bond motifs is 6. The molecule has 0 saturated heterocycles. The molecule has 0 radical (unpaired) electrons. The van der Waals surface area contributed by atoms with Crippen molar-refractivity contribution in [2.45, 2.75) is 34.5 Å². The summed E-state index contributed by atoms with van der Waals surface area (Å²) >= 11 is 0. The van der Waals surface area contributed by atoms with E-state index in [4.69, 9.17) is 14.2 Å². The normalized spacial score (nSPS) is 16.9. The predicted octanol–water partition coefficient (Wildman–Crippen LogP) is 6.31. The van der Waals surface area contributed by atoms with Crippen molar-refractivity contribution < 1.29 is 72.9 Å². The first-order valence-electron chi connectivity index (χ1n) is 22.4. The zero-order valence-corrected chi connectivity index (χ0v) is 42.9. The van der Waals surface area contributed by atoms with Crippen LogP contribution in [0.4, 0.5) is 4.79 Å². The molecule has 0 fully saturated rings. The van der Waals surface area contributed by atoms with E-state index < -0.39 is 67.4 Å². The highest BCUT2D eigenvalue weighted by Gasteiger charge is 2.43. The molecule has 1 unspecified atom stereocenters. The first-order chi connectivity index (χ1) is 35.4. The monoisotopic (exact) mass is 1090 g/mol. The number of ether oxygens (including phenoxy) is 3. The minimum atomic E-state index is -3.85. The second kappa shape index (κ2) is 18.1. The highest BCUT2D eigenvalue weighted by atomic mass is 32.2. The molecule has 6 aliphatic rings. The van der Waals surface area contributed by atoms with E-state index in [1.165, 1.54) is 79.7 Å². The Bertz CT molecular complexity index is 4160. The van der Waals surface area contributed by atoms with Crippen LogP contribution in [-0.4, -0.2) is 109 Å². The number of hydrogen-bond acceptors (Lipinski definition) is 15. The molecule has 6 aromatic rings. The lowest BCUT2D eigenvalue weighted by Crippen LogP contribution is -2.27. The average molecular weight is 1090 g/mol. The van der Waals surface area contributed by atoms with Gasteiger partial charge in [-0.25, -0.2) is 4.79 Å². The largest absolute Gasteiger partial charge is 0.483 e. The summed E-state index contributed by atoms with van der Waals surface area (Å²) in [5.41, 5.74) is 3.82. The van der Waals surface area contributed by atoms with E-state index in [-0.39, 0.29) is 94.7 Å². The molecule has 75 heavy (non-hydrogen) atoms. The van der Waals surface area contributed by atoms with E-state index in [9.17, 15) is 58.7 Å². The number of hydrogen-bond donors (Lipinski definition) is 1. The molecule has 1 atom stereocenters. The lowest BCUT2D eigenvalue weighted by atomic mass is 9.83. The Labute approximate surface area is 427 Å². The standard InChI is InChI=1S/C18H13NO5S.C17H12N2O5S.C16H12NO6PS/c1-2-5-14(20)24-12-8-3-6-10-15(12)18(21)11-7-4-9-13-16(11)17(10)19-25(13,22)23;1-19(2)17(21)24-11-7-3-5-9-13(11)16(20)10-6-4-8-12-14(10)15(9)18-25(12,22)23;1-24(19,20)8-23-11-6-2-4-9-13(11)16(18)10-5-3-7-12-14(10)15(9)17-25(12,21)22/h3-4,6-9H,2,5H2,1H3;3-8H,1-2H3;2-7H,8H2,1H3,(H,19,20). The molecule has 12 rings (SSSR count). The van der Waals surface area contributed by atoms with Crippen LogP contribution < -0.4 is 14.2 Å². The van der Waals surface area contributed by atoms with Crippen LogP contribution in [0.25, 0.3) is 0 Å². The molecule has 24 heteroatoms. The topological polar surface area (TPSA) is 293 Å². The van der Waals surface area contributed by atoms with E-state index in [2.05, 4.69) is 13.2 Å². The number of sulfonamides is 3. The summed E-state index contributed by atoms with van der Waals surface area (Å²) in [5, 5.41) is 0. The van der Waals surface area contributed by atoms with Gasteiger partial charge >= 0.3 is 12.1 Å². The van der Waals surface area contributed by atoms with E-state index in [0.29, 0.717) is 39.8 Å². The van der Waals surface area contributed by atoms with Gasteiger partial charge in [-0.1, -0.05) is 79.7 Å². The molecule has 0 bridgehead atoms. The maximum Gasteiger partial charge on any atom is 0.414 e. The minimum Gasteiger partial charge on any atom is -0.483 e. The zero-order chi connectivity index (χ0) is 53.7. The maximum absolute atomic E-state index is 13.0. The SMILES string of the molecule is CCCC(=O)Oc1cccc2c1C(=O)c1cccc3c1C2=NS3(=O)=O.CN(C)C(=O)Oc1cccc2c1C(=O)c1cccc3c1C2=NS3(=O)=O.CP(=O)(O)COc1cccc2c1C(=O)c1cccc3c1C2=NS3(=O)=O. The van der Waals surface area contributed by atoms with Crippen molar-refractivity contribution >= 4 is 84.0 Å². The van der Waals surface area contributed by atoms with Crippen molar-refractivity contribution in [1.82, 2.24) is 4.90 Å². The van der Waals surface area contributed by atoms with Gasteiger partial charge in [0.15, 0.2) is 23.7 Å². The molecule has 0 spiro atoms. The molecule has 1 amide bonds.